The Labute approximate surface area is 110 Å². The lowest BCUT2D eigenvalue weighted by Crippen LogP contribution is -2.25. The number of ether oxygens (including phenoxy) is 1. The van der Waals surface area contributed by atoms with E-state index in [9.17, 15) is 9.59 Å². The molecule has 0 N–H and O–H groups in total. The van der Waals surface area contributed by atoms with E-state index in [1.54, 1.807) is 20.8 Å². The smallest absolute Gasteiger partial charge is 0.314 e. The monoisotopic (exact) mass is 252 g/mol. The lowest BCUT2D eigenvalue weighted by molar-refractivity contribution is -0.155. The van der Waals surface area contributed by atoms with Crippen LogP contribution in [0.4, 0.5) is 0 Å². The fraction of sp³-hybridized carbons (Fsp3) is 0.733. The van der Waals surface area contributed by atoms with Crippen molar-refractivity contribution in [3.8, 4) is 11.8 Å². The van der Waals surface area contributed by atoms with Gasteiger partial charge in [-0.2, -0.15) is 0 Å². The van der Waals surface area contributed by atoms with Crippen LogP contribution in [0.1, 0.15) is 66.2 Å². The van der Waals surface area contributed by atoms with Crippen LogP contribution in [0, 0.1) is 11.8 Å². The van der Waals surface area contributed by atoms with Crippen LogP contribution >= 0.6 is 0 Å². The van der Waals surface area contributed by atoms with Gasteiger partial charge in [-0.05, 0) is 33.1 Å². The Hall–Kier alpha value is -1.30. The molecule has 0 aromatic rings. The summed E-state index contributed by atoms with van der Waals surface area (Å²) >= 11 is 0. The Balaban J connectivity index is 3.83. The van der Waals surface area contributed by atoms with E-state index in [1.807, 2.05) is 0 Å². The zero-order valence-corrected chi connectivity index (χ0v) is 12.0. The quantitative estimate of drug-likeness (QED) is 0.239. The predicted octanol–water partition coefficient (Wildman–Crippen LogP) is 3.26. The lowest BCUT2D eigenvalue weighted by atomic mass is 10.1. The van der Waals surface area contributed by atoms with E-state index in [4.69, 9.17) is 4.74 Å². The molecule has 0 aliphatic rings. The van der Waals surface area contributed by atoms with E-state index < -0.39 is 11.6 Å². The molecule has 0 saturated carbocycles. The van der Waals surface area contributed by atoms with Gasteiger partial charge in [-0.15, -0.1) is 0 Å². The molecule has 0 rings (SSSR count). The molecule has 0 spiro atoms. The number of Topliss-reactive ketones (excluding diaryl/α,β-unsaturated/α-hetero) is 1. The number of unbranched alkanes of at least 4 members (excludes halogenated alkanes) is 4. The number of ketones is 1. The zero-order valence-electron chi connectivity index (χ0n) is 12.0. The summed E-state index contributed by atoms with van der Waals surface area (Å²) in [4.78, 5) is 22.7. The maximum atomic E-state index is 11.4. The highest BCUT2D eigenvalue weighted by Gasteiger charge is 2.17. The average molecular weight is 252 g/mol. The summed E-state index contributed by atoms with van der Waals surface area (Å²) in [5, 5.41) is 0. The first-order chi connectivity index (χ1) is 8.35. The van der Waals surface area contributed by atoms with E-state index in [-0.39, 0.29) is 12.2 Å². The van der Waals surface area contributed by atoms with Gasteiger partial charge in [0.05, 0.1) is 0 Å². The highest BCUT2D eigenvalue weighted by atomic mass is 16.6. The molecular formula is C15H24O3. The standard InChI is InChI=1S/C15H24O3/c1-5-6-7-8-9-10-11-13(16)12-14(17)18-15(2,3)4/h5-9,12H2,1-4H3. The highest BCUT2D eigenvalue weighted by Crippen LogP contribution is 2.08. The summed E-state index contributed by atoms with van der Waals surface area (Å²) in [5.74, 6) is 4.42. The fourth-order valence-corrected chi connectivity index (χ4v) is 1.35. The van der Waals surface area contributed by atoms with Gasteiger partial charge in [0.1, 0.15) is 12.0 Å². The van der Waals surface area contributed by atoms with Gasteiger partial charge >= 0.3 is 5.97 Å². The molecule has 0 aliphatic carbocycles. The minimum atomic E-state index is -0.551. The van der Waals surface area contributed by atoms with Gasteiger partial charge in [0.2, 0.25) is 5.78 Å². The molecule has 0 aromatic carbocycles. The summed E-state index contributed by atoms with van der Waals surface area (Å²) < 4.78 is 5.04. The van der Waals surface area contributed by atoms with E-state index in [0.29, 0.717) is 0 Å². The summed E-state index contributed by atoms with van der Waals surface area (Å²) in [6.45, 7) is 7.47. The Kier molecular flexibility index (Phi) is 8.11. The molecule has 0 bridgehead atoms. The van der Waals surface area contributed by atoms with Crippen molar-refractivity contribution in [1.29, 1.82) is 0 Å². The van der Waals surface area contributed by atoms with Crippen molar-refractivity contribution in [2.24, 2.45) is 0 Å². The first-order valence-corrected chi connectivity index (χ1v) is 6.58. The number of rotatable bonds is 6. The van der Waals surface area contributed by atoms with Gasteiger partial charge in [0, 0.05) is 6.42 Å². The number of esters is 1. The third-order valence-electron chi connectivity index (χ3n) is 2.11. The summed E-state index contributed by atoms with van der Waals surface area (Å²) in [6.07, 6.45) is 5.02. The van der Waals surface area contributed by atoms with Crippen LogP contribution in [0.2, 0.25) is 0 Å². The minimum absolute atomic E-state index is 0.251. The number of carbonyl (C=O) groups is 2. The first kappa shape index (κ1) is 16.7. The largest absolute Gasteiger partial charge is 0.460 e. The van der Waals surface area contributed by atoms with Crippen LogP contribution in [0.5, 0.6) is 0 Å². The Morgan fingerprint density at radius 2 is 1.78 bits per heavy atom. The summed E-state index contributed by atoms with van der Waals surface area (Å²) in [6, 6.07) is 0. The molecule has 0 fully saturated rings. The summed E-state index contributed by atoms with van der Waals surface area (Å²) in [5.41, 5.74) is -0.551. The molecule has 0 saturated heterocycles. The molecule has 0 aromatic heterocycles. The molecule has 0 atom stereocenters. The van der Waals surface area contributed by atoms with Gasteiger partial charge in [-0.3, -0.25) is 9.59 Å². The van der Waals surface area contributed by atoms with E-state index in [2.05, 4.69) is 18.8 Å². The van der Waals surface area contributed by atoms with E-state index in [1.165, 1.54) is 12.8 Å². The van der Waals surface area contributed by atoms with Crippen LogP contribution in [-0.2, 0) is 14.3 Å². The molecule has 3 nitrogen and oxygen atoms in total. The van der Waals surface area contributed by atoms with Crippen LogP contribution in [-0.4, -0.2) is 17.4 Å². The third kappa shape index (κ3) is 11.2. The number of hydrogen-bond donors (Lipinski definition) is 0. The van der Waals surface area contributed by atoms with Gasteiger partial charge < -0.3 is 4.74 Å². The number of hydrogen-bond acceptors (Lipinski definition) is 3. The molecule has 3 heteroatoms. The van der Waals surface area contributed by atoms with Gasteiger partial charge in [-0.1, -0.05) is 32.1 Å². The molecule has 0 radical (unpaired) electrons. The van der Waals surface area contributed by atoms with Crippen molar-refractivity contribution in [2.45, 2.75) is 71.8 Å². The first-order valence-electron chi connectivity index (χ1n) is 6.58. The Bertz CT molecular complexity index is 326. The van der Waals surface area contributed by atoms with Gasteiger partial charge in [0.15, 0.2) is 0 Å². The van der Waals surface area contributed by atoms with Crippen LogP contribution in [0.3, 0.4) is 0 Å². The Morgan fingerprint density at radius 1 is 1.11 bits per heavy atom. The maximum absolute atomic E-state index is 11.4. The third-order valence-corrected chi connectivity index (χ3v) is 2.11. The van der Waals surface area contributed by atoms with Crippen molar-refractivity contribution < 1.29 is 14.3 Å². The lowest BCUT2D eigenvalue weighted by Gasteiger charge is -2.18. The molecule has 0 aliphatic heterocycles. The second kappa shape index (κ2) is 8.74. The fourth-order valence-electron chi connectivity index (χ4n) is 1.35. The Morgan fingerprint density at radius 3 is 2.33 bits per heavy atom. The number of carbonyl (C=O) groups excluding carboxylic acids is 2. The SMILES string of the molecule is CCCCCCC#CC(=O)CC(=O)OC(C)(C)C. The van der Waals surface area contributed by atoms with Gasteiger partial charge in [-0.25, -0.2) is 0 Å². The van der Waals surface area contributed by atoms with Crippen LogP contribution in [0.25, 0.3) is 0 Å². The van der Waals surface area contributed by atoms with Crippen LogP contribution < -0.4 is 0 Å². The highest BCUT2D eigenvalue weighted by molar-refractivity contribution is 6.05. The molecule has 18 heavy (non-hydrogen) atoms. The summed E-state index contributed by atoms with van der Waals surface area (Å²) in [7, 11) is 0. The van der Waals surface area contributed by atoms with E-state index in [0.717, 1.165) is 19.3 Å². The normalized spacial score (nSPS) is 10.4. The minimum Gasteiger partial charge on any atom is -0.460 e. The van der Waals surface area contributed by atoms with Crippen molar-refractivity contribution in [1.82, 2.24) is 0 Å². The van der Waals surface area contributed by atoms with Gasteiger partial charge in [0.25, 0.3) is 0 Å². The predicted molar refractivity (Wildman–Crippen MR) is 72.0 cm³/mol. The van der Waals surface area contributed by atoms with Crippen LogP contribution in [0.15, 0.2) is 0 Å². The second-order valence-electron chi connectivity index (χ2n) is 5.30. The topological polar surface area (TPSA) is 43.4 Å². The molecule has 0 unspecified atom stereocenters. The molecule has 0 heterocycles. The molecular weight excluding hydrogens is 228 g/mol. The van der Waals surface area contributed by atoms with Crippen molar-refractivity contribution in [3.05, 3.63) is 0 Å². The van der Waals surface area contributed by atoms with Crippen molar-refractivity contribution in [3.63, 3.8) is 0 Å². The van der Waals surface area contributed by atoms with Crippen molar-refractivity contribution >= 4 is 11.8 Å². The van der Waals surface area contributed by atoms with Crippen molar-refractivity contribution in [2.75, 3.05) is 0 Å². The molecule has 0 amide bonds. The molecule has 102 valence electrons. The second-order valence-corrected chi connectivity index (χ2v) is 5.30. The van der Waals surface area contributed by atoms with E-state index >= 15 is 0 Å². The zero-order chi connectivity index (χ0) is 14.0. The maximum Gasteiger partial charge on any atom is 0.314 e. The average Bonchev–Trinajstić information content (AvgIpc) is 2.20.